The Balaban J connectivity index is 0. The summed E-state index contributed by atoms with van der Waals surface area (Å²) in [5.74, 6) is -1.78. The molecule has 1 rings (SSSR count). The number of hydrogen-bond acceptors (Lipinski definition) is 4. The summed E-state index contributed by atoms with van der Waals surface area (Å²) in [5, 5.41) is 8.64. The number of ether oxygens (including phenoxy) is 1. The van der Waals surface area contributed by atoms with Crippen LogP contribution in [0, 0.1) is 11.8 Å². The Kier molecular flexibility index (Phi) is 23.4. The molecule has 1 N–H and O–H groups in total. The number of aliphatic carboxylic acids is 1. The molecule has 0 aromatic carbocycles. The zero-order valence-corrected chi connectivity index (χ0v) is 20.8. The van der Waals surface area contributed by atoms with E-state index in [0.29, 0.717) is 0 Å². The smallest absolute Gasteiger partial charge is 0.317 e. The van der Waals surface area contributed by atoms with Gasteiger partial charge in [-0.15, -0.1) is 0 Å². The standard InChI is InChI=1S/C22H36O5.2C2H6/c1-2-3-4-5-6-8-11-14-18(19-17-21(25)27-22(19)26)15-12-9-7-10-13-16-20(23)24;2*1-2/h11,14,18-19H,2-10,12-13,15-17H2,1H3,(H,23,24);2*1-2H3/b14-11+;;. The maximum absolute atomic E-state index is 11.9. The molecule has 2 atom stereocenters. The number of carbonyl (C=O) groups is 3. The van der Waals surface area contributed by atoms with Gasteiger partial charge in [-0.05, 0) is 31.6 Å². The van der Waals surface area contributed by atoms with Crippen LogP contribution in [0.4, 0.5) is 0 Å². The lowest BCUT2D eigenvalue weighted by atomic mass is 9.86. The van der Waals surface area contributed by atoms with Crippen LogP contribution in [-0.2, 0) is 19.1 Å². The van der Waals surface area contributed by atoms with Crippen molar-refractivity contribution in [1.82, 2.24) is 0 Å². The van der Waals surface area contributed by atoms with Gasteiger partial charge >= 0.3 is 17.9 Å². The maximum Gasteiger partial charge on any atom is 0.317 e. The first-order valence-corrected chi connectivity index (χ1v) is 12.7. The number of carboxylic acids is 1. The topological polar surface area (TPSA) is 80.7 Å². The minimum Gasteiger partial charge on any atom is -0.481 e. The molecule has 5 nitrogen and oxygen atoms in total. The highest BCUT2D eigenvalue weighted by Crippen LogP contribution is 2.30. The van der Waals surface area contributed by atoms with Crippen molar-refractivity contribution in [3.8, 4) is 0 Å². The lowest BCUT2D eigenvalue weighted by molar-refractivity contribution is -0.153. The Morgan fingerprint density at radius 1 is 0.968 bits per heavy atom. The maximum atomic E-state index is 11.9. The molecule has 2 unspecified atom stereocenters. The van der Waals surface area contributed by atoms with Gasteiger partial charge in [-0.25, -0.2) is 0 Å². The van der Waals surface area contributed by atoms with Gasteiger partial charge in [0, 0.05) is 6.42 Å². The van der Waals surface area contributed by atoms with Crippen LogP contribution in [0.25, 0.3) is 0 Å². The Hall–Kier alpha value is -1.65. The van der Waals surface area contributed by atoms with Gasteiger partial charge in [-0.3, -0.25) is 14.4 Å². The molecule has 31 heavy (non-hydrogen) atoms. The van der Waals surface area contributed by atoms with Gasteiger partial charge in [0.15, 0.2) is 0 Å². The van der Waals surface area contributed by atoms with Crippen molar-refractivity contribution in [2.24, 2.45) is 11.8 Å². The number of carbonyl (C=O) groups excluding carboxylic acids is 2. The number of rotatable bonds is 16. The van der Waals surface area contributed by atoms with Crippen molar-refractivity contribution in [3.63, 3.8) is 0 Å². The third-order valence-corrected chi connectivity index (χ3v) is 5.21. The Morgan fingerprint density at radius 2 is 1.55 bits per heavy atom. The number of cyclic esters (lactones) is 2. The van der Waals surface area contributed by atoms with Crippen LogP contribution >= 0.6 is 0 Å². The molecule has 0 bridgehead atoms. The highest BCUT2D eigenvalue weighted by molar-refractivity contribution is 5.94. The molecule has 0 aromatic rings. The number of carboxylic acid groups (broad SMARTS) is 1. The number of allylic oxidation sites excluding steroid dienone is 2. The quantitative estimate of drug-likeness (QED) is 0.116. The summed E-state index contributed by atoms with van der Waals surface area (Å²) in [7, 11) is 0. The van der Waals surface area contributed by atoms with Gasteiger partial charge in [0.25, 0.3) is 0 Å². The summed E-state index contributed by atoms with van der Waals surface area (Å²) >= 11 is 0. The summed E-state index contributed by atoms with van der Waals surface area (Å²) in [6.07, 6.45) is 17.5. The molecule has 0 amide bonds. The van der Waals surface area contributed by atoms with E-state index in [4.69, 9.17) is 9.84 Å². The molecule has 1 heterocycles. The Labute approximate surface area is 191 Å². The zero-order chi connectivity index (χ0) is 23.9. The van der Waals surface area contributed by atoms with E-state index >= 15 is 0 Å². The third kappa shape index (κ3) is 17.7. The second-order valence-electron chi connectivity index (χ2n) is 7.60. The van der Waals surface area contributed by atoms with Crippen LogP contribution in [0.2, 0.25) is 0 Å². The molecule has 0 radical (unpaired) electrons. The molecule has 1 fully saturated rings. The third-order valence-electron chi connectivity index (χ3n) is 5.21. The molecule has 5 heteroatoms. The molecular weight excluding hydrogens is 392 g/mol. The van der Waals surface area contributed by atoms with E-state index < -0.39 is 11.9 Å². The van der Waals surface area contributed by atoms with Gasteiger partial charge in [0.05, 0.1) is 12.3 Å². The molecule has 0 aliphatic carbocycles. The summed E-state index contributed by atoms with van der Waals surface area (Å²) in [4.78, 5) is 33.9. The van der Waals surface area contributed by atoms with Gasteiger partial charge in [0.2, 0.25) is 0 Å². The second kappa shape index (κ2) is 23.0. The van der Waals surface area contributed by atoms with Crippen molar-refractivity contribution in [2.75, 3.05) is 0 Å². The molecule has 0 spiro atoms. The van der Waals surface area contributed by atoms with Crippen LogP contribution in [0.15, 0.2) is 12.2 Å². The van der Waals surface area contributed by atoms with E-state index in [1.54, 1.807) is 0 Å². The lowest BCUT2D eigenvalue weighted by Crippen LogP contribution is -2.18. The average molecular weight is 441 g/mol. The highest BCUT2D eigenvalue weighted by Gasteiger charge is 2.37. The predicted molar refractivity (Wildman–Crippen MR) is 128 cm³/mol. The SMILES string of the molecule is CC.CC.CCCCCCC/C=C/C(CCCCCCCC(=O)O)C1CC(=O)OC1=O. The monoisotopic (exact) mass is 440 g/mol. The lowest BCUT2D eigenvalue weighted by Gasteiger charge is -2.16. The number of hydrogen-bond donors (Lipinski definition) is 1. The van der Waals surface area contributed by atoms with Gasteiger partial charge in [-0.2, -0.15) is 0 Å². The van der Waals surface area contributed by atoms with Crippen LogP contribution < -0.4 is 0 Å². The van der Waals surface area contributed by atoms with Gasteiger partial charge in [-0.1, -0.05) is 98.1 Å². The van der Waals surface area contributed by atoms with Crippen molar-refractivity contribution >= 4 is 17.9 Å². The number of unbranched alkanes of at least 4 members (excludes halogenated alkanes) is 9. The van der Waals surface area contributed by atoms with Crippen molar-refractivity contribution in [1.29, 1.82) is 0 Å². The minimum absolute atomic E-state index is 0.0682. The second-order valence-corrected chi connectivity index (χ2v) is 7.60. The van der Waals surface area contributed by atoms with Crippen molar-refractivity contribution in [3.05, 3.63) is 12.2 Å². The highest BCUT2D eigenvalue weighted by atomic mass is 16.6. The zero-order valence-electron chi connectivity index (χ0n) is 20.8. The van der Waals surface area contributed by atoms with E-state index in [0.717, 1.165) is 44.9 Å². The predicted octanol–water partition coefficient (Wildman–Crippen LogP) is 7.48. The first-order chi connectivity index (χ1) is 15.0. The van der Waals surface area contributed by atoms with Crippen LogP contribution in [0.5, 0.6) is 0 Å². The van der Waals surface area contributed by atoms with E-state index in [1.807, 2.05) is 27.7 Å². The first-order valence-electron chi connectivity index (χ1n) is 12.7. The fraction of sp³-hybridized carbons (Fsp3) is 0.808. The molecule has 1 saturated heterocycles. The molecule has 1 aliphatic heterocycles. The Morgan fingerprint density at radius 3 is 2.13 bits per heavy atom. The molecule has 1 aliphatic rings. The van der Waals surface area contributed by atoms with Crippen LogP contribution in [0.1, 0.15) is 125 Å². The normalized spacial score (nSPS) is 16.2. The molecule has 0 aromatic heterocycles. The van der Waals surface area contributed by atoms with Gasteiger partial charge < -0.3 is 9.84 Å². The minimum atomic E-state index is -0.737. The van der Waals surface area contributed by atoms with E-state index in [-0.39, 0.29) is 30.6 Å². The molecular formula is C26H48O5. The molecule has 0 saturated carbocycles. The van der Waals surface area contributed by atoms with Gasteiger partial charge in [0.1, 0.15) is 0 Å². The fourth-order valence-electron chi connectivity index (χ4n) is 3.57. The van der Waals surface area contributed by atoms with E-state index in [1.165, 1.54) is 32.1 Å². The van der Waals surface area contributed by atoms with Crippen LogP contribution in [0.3, 0.4) is 0 Å². The van der Waals surface area contributed by atoms with E-state index in [2.05, 4.69) is 19.1 Å². The summed E-state index contributed by atoms with van der Waals surface area (Å²) in [6, 6.07) is 0. The summed E-state index contributed by atoms with van der Waals surface area (Å²) < 4.78 is 4.74. The summed E-state index contributed by atoms with van der Waals surface area (Å²) in [6.45, 7) is 10.2. The Bertz CT molecular complexity index is 484. The summed E-state index contributed by atoms with van der Waals surface area (Å²) in [5.41, 5.74) is 0. The average Bonchev–Trinajstić information content (AvgIpc) is 3.11. The van der Waals surface area contributed by atoms with Crippen LogP contribution in [-0.4, -0.2) is 23.0 Å². The molecule has 182 valence electrons. The van der Waals surface area contributed by atoms with Crippen molar-refractivity contribution in [2.45, 2.75) is 125 Å². The fourth-order valence-corrected chi connectivity index (χ4v) is 3.57. The van der Waals surface area contributed by atoms with Crippen molar-refractivity contribution < 1.29 is 24.2 Å². The largest absolute Gasteiger partial charge is 0.481 e. The number of esters is 2. The van der Waals surface area contributed by atoms with E-state index in [9.17, 15) is 14.4 Å². The first kappa shape index (κ1) is 31.5.